The number of carboxylic acid groups (broad SMARTS) is 1. The number of hydrogen-bond acceptors (Lipinski definition) is 1. The summed E-state index contributed by atoms with van der Waals surface area (Å²) in [5.41, 5.74) is 1.98. The molecule has 0 amide bonds. The van der Waals surface area contributed by atoms with E-state index in [2.05, 4.69) is 0 Å². The van der Waals surface area contributed by atoms with Crippen molar-refractivity contribution in [3.8, 4) is 0 Å². The minimum atomic E-state index is -0.781. The molecule has 0 aliphatic carbocycles. The summed E-state index contributed by atoms with van der Waals surface area (Å²) in [5, 5.41) is 9.09. The van der Waals surface area contributed by atoms with Crippen molar-refractivity contribution in [2.75, 3.05) is 0 Å². The van der Waals surface area contributed by atoms with Crippen molar-refractivity contribution >= 4 is 29.2 Å². The van der Waals surface area contributed by atoms with Gasteiger partial charge in [0.1, 0.15) is 0 Å². The Morgan fingerprint density at radius 3 is 2.75 bits per heavy atom. The normalized spacial score (nSPS) is 12.4. The molecule has 88 valence electrons. The Balaban J connectivity index is 2.55. The van der Waals surface area contributed by atoms with Crippen LogP contribution < -0.4 is 0 Å². The fourth-order valence-corrected chi connectivity index (χ4v) is 1.87. The third kappa shape index (κ3) is 4.03. The molecule has 0 fully saturated rings. The van der Waals surface area contributed by atoms with Crippen LogP contribution in [0.15, 0.2) is 18.2 Å². The van der Waals surface area contributed by atoms with Crippen molar-refractivity contribution in [3.63, 3.8) is 0 Å². The molecule has 4 heteroatoms. The minimum absolute atomic E-state index is 0.143. The van der Waals surface area contributed by atoms with Gasteiger partial charge >= 0.3 is 5.97 Å². The number of alkyl halides is 1. The van der Waals surface area contributed by atoms with E-state index in [-0.39, 0.29) is 11.8 Å². The fraction of sp³-hybridized carbons (Fsp3) is 0.417. The van der Waals surface area contributed by atoms with Gasteiger partial charge in [0.25, 0.3) is 0 Å². The summed E-state index contributed by atoms with van der Waals surface area (Å²) in [5.74, 6) is -0.781. The molecule has 1 atom stereocenters. The molecule has 0 spiro atoms. The van der Waals surface area contributed by atoms with Crippen LogP contribution in [-0.2, 0) is 4.79 Å². The Morgan fingerprint density at radius 1 is 1.50 bits per heavy atom. The number of carboxylic acids is 1. The molecule has 16 heavy (non-hydrogen) atoms. The molecule has 0 aliphatic rings. The Hall–Kier alpha value is -0.730. The summed E-state index contributed by atoms with van der Waals surface area (Å²) in [6, 6.07) is 5.65. The van der Waals surface area contributed by atoms with E-state index in [0.717, 1.165) is 16.1 Å². The van der Waals surface area contributed by atoms with Crippen molar-refractivity contribution in [1.82, 2.24) is 0 Å². The molecule has 0 saturated heterocycles. The standard InChI is InChI=1S/C12H14Cl2O2/c1-8-7-9(5-6-10(8)13)11(14)3-2-4-12(15)16/h5-7,11H,2-4H2,1H3,(H,15,16). The average Bonchev–Trinajstić information content (AvgIpc) is 2.21. The molecular formula is C12H14Cl2O2. The quantitative estimate of drug-likeness (QED) is 0.807. The largest absolute Gasteiger partial charge is 0.481 e. The SMILES string of the molecule is Cc1cc(C(Cl)CCCC(=O)O)ccc1Cl. The van der Waals surface area contributed by atoms with Crippen molar-refractivity contribution in [2.24, 2.45) is 0 Å². The maximum atomic E-state index is 10.4. The van der Waals surface area contributed by atoms with E-state index in [1.807, 2.05) is 25.1 Å². The van der Waals surface area contributed by atoms with Gasteiger partial charge in [-0.2, -0.15) is 0 Å². The van der Waals surface area contributed by atoms with Crippen LogP contribution in [0.25, 0.3) is 0 Å². The molecule has 0 heterocycles. The van der Waals surface area contributed by atoms with E-state index in [1.54, 1.807) is 0 Å². The van der Waals surface area contributed by atoms with Gasteiger partial charge in [-0.15, -0.1) is 11.6 Å². The molecule has 1 N–H and O–H groups in total. The molecule has 1 aromatic rings. The lowest BCUT2D eigenvalue weighted by Gasteiger charge is -2.10. The first-order valence-corrected chi connectivity index (χ1v) is 5.94. The van der Waals surface area contributed by atoms with Crippen molar-refractivity contribution in [3.05, 3.63) is 34.3 Å². The molecule has 1 aromatic carbocycles. The summed E-state index contributed by atoms with van der Waals surface area (Å²) in [6.07, 6.45) is 1.41. The first-order chi connectivity index (χ1) is 7.50. The first kappa shape index (κ1) is 13.3. The van der Waals surface area contributed by atoms with Crippen LogP contribution in [0.3, 0.4) is 0 Å². The first-order valence-electron chi connectivity index (χ1n) is 5.12. The van der Waals surface area contributed by atoms with Gasteiger partial charge in [0.05, 0.1) is 5.38 Å². The molecule has 0 radical (unpaired) electrons. The van der Waals surface area contributed by atoms with Crippen LogP contribution in [0, 0.1) is 6.92 Å². The highest BCUT2D eigenvalue weighted by atomic mass is 35.5. The summed E-state index contributed by atoms with van der Waals surface area (Å²) in [7, 11) is 0. The van der Waals surface area contributed by atoms with Gasteiger partial charge < -0.3 is 5.11 Å². The maximum Gasteiger partial charge on any atom is 0.303 e. The number of carbonyl (C=O) groups is 1. The predicted molar refractivity (Wildman–Crippen MR) is 66.3 cm³/mol. The highest BCUT2D eigenvalue weighted by Crippen LogP contribution is 2.28. The van der Waals surface area contributed by atoms with Gasteiger partial charge in [0.15, 0.2) is 0 Å². The minimum Gasteiger partial charge on any atom is -0.481 e. The van der Waals surface area contributed by atoms with Crippen LogP contribution in [0.1, 0.15) is 35.8 Å². The molecule has 2 nitrogen and oxygen atoms in total. The Morgan fingerprint density at radius 2 is 2.19 bits per heavy atom. The van der Waals surface area contributed by atoms with Gasteiger partial charge in [-0.1, -0.05) is 23.7 Å². The molecule has 0 bridgehead atoms. The maximum absolute atomic E-state index is 10.4. The number of aliphatic carboxylic acids is 1. The zero-order valence-corrected chi connectivity index (χ0v) is 10.6. The highest BCUT2D eigenvalue weighted by molar-refractivity contribution is 6.31. The molecular weight excluding hydrogens is 247 g/mol. The average molecular weight is 261 g/mol. The van der Waals surface area contributed by atoms with Crippen LogP contribution in [0.2, 0.25) is 5.02 Å². The molecule has 1 rings (SSSR count). The van der Waals surface area contributed by atoms with E-state index in [0.29, 0.717) is 12.8 Å². The second kappa shape index (κ2) is 6.12. The lowest BCUT2D eigenvalue weighted by molar-refractivity contribution is -0.137. The van der Waals surface area contributed by atoms with Gasteiger partial charge in [-0.3, -0.25) is 4.79 Å². The van der Waals surface area contributed by atoms with Gasteiger partial charge in [0.2, 0.25) is 0 Å². The number of rotatable bonds is 5. The van der Waals surface area contributed by atoms with E-state index in [9.17, 15) is 4.79 Å². The Bertz CT molecular complexity index is 377. The van der Waals surface area contributed by atoms with E-state index >= 15 is 0 Å². The zero-order chi connectivity index (χ0) is 12.1. The van der Waals surface area contributed by atoms with Crippen molar-refractivity contribution in [2.45, 2.75) is 31.6 Å². The van der Waals surface area contributed by atoms with E-state index in [4.69, 9.17) is 28.3 Å². The van der Waals surface area contributed by atoms with Crippen LogP contribution in [-0.4, -0.2) is 11.1 Å². The fourth-order valence-electron chi connectivity index (χ4n) is 1.46. The highest BCUT2D eigenvalue weighted by Gasteiger charge is 2.09. The van der Waals surface area contributed by atoms with E-state index in [1.165, 1.54) is 0 Å². The molecule has 0 aromatic heterocycles. The summed E-state index contributed by atoms with van der Waals surface area (Å²) >= 11 is 12.1. The third-order valence-electron chi connectivity index (χ3n) is 2.39. The lowest BCUT2D eigenvalue weighted by atomic mass is 10.0. The molecule has 0 saturated carbocycles. The molecule has 0 aliphatic heterocycles. The van der Waals surface area contributed by atoms with Gasteiger partial charge in [0, 0.05) is 11.4 Å². The summed E-state index contributed by atoms with van der Waals surface area (Å²) < 4.78 is 0. The Labute approximate surface area is 105 Å². The van der Waals surface area contributed by atoms with Crippen molar-refractivity contribution < 1.29 is 9.90 Å². The molecule has 1 unspecified atom stereocenters. The number of benzene rings is 1. The summed E-state index contributed by atoms with van der Waals surface area (Å²) in [6.45, 7) is 1.92. The number of aryl methyl sites for hydroxylation is 1. The van der Waals surface area contributed by atoms with Crippen LogP contribution in [0.5, 0.6) is 0 Å². The van der Waals surface area contributed by atoms with E-state index < -0.39 is 5.97 Å². The van der Waals surface area contributed by atoms with Crippen molar-refractivity contribution in [1.29, 1.82) is 0 Å². The number of halogens is 2. The lowest BCUT2D eigenvalue weighted by Crippen LogP contribution is -1.97. The second-order valence-corrected chi connectivity index (χ2v) is 4.70. The zero-order valence-electron chi connectivity index (χ0n) is 9.04. The predicted octanol–water partition coefficient (Wildman–Crippen LogP) is 4.18. The summed E-state index contributed by atoms with van der Waals surface area (Å²) in [4.78, 5) is 10.4. The topological polar surface area (TPSA) is 37.3 Å². The second-order valence-electron chi connectivity index (χ2n) is 3.76. The third-order valence-corrected chi connectivity index (χ3v) is 3.29. The van der Waals surface area contributed by atoms with Gasteiger partial charge in [-0.25, -0.2) is 0 Å². The Kier molecular flexibility index (Phi) is 5.10. The van der Waals surface area contributed by atoms with Gasteiger partial charge in [-0.05, 0) is 37.0 Å². The van der Waals surface area contributed by atoms with Crippen LogP contribution in [0.4, 0.5) is 0 Å². The smallest absolute Gasteiger partial charge is 0.303 e. The monoisotopic (exact) mass is 260 g/mol. The van der Waals surface area contributed by atoms with Crippen LogP contribution >= 0.6 is 23.2 Å². The number of hydrogen-bond donors (Lipinski definition) is 1.